The van der Waals surface area contributed by atoms with Gasteiger partial charge in [0.15, 0.2) is 0 Å². The molecule has 0 bridgehead atoms. The molecule has 1 atom stereocenters. The van der Waals surface area contributed by atoms with Crippen LogP contribution < -0.4 is 4.74 Å². The average Bonchev–Trinajstić information content (AvgIpc) is 2.92. The summed E-state index contributed by atoms with van der Waals surface area (Å²) in [5.41, 5.74) is 1.37. The first-order valence-electron chi connectivity index (χ1n) is 7.89. The van der Waals surface area contributed by atoms with Crippen LogP contribution in [0.1, 0.15) is 28.6 Å². The van der Waals surface area contributed by atoms with Crippen molar-refractivity contribution in [3.8, 4) is 16.9 Å². The van der Waals surface area contributed by atoms with Crippen molar-refractivity contribution in [2.45, 2.75) is 25.9 Å². The highest BCUT2D eigenvalue weighted by Gasteiger charge is 2.25. The topological polar surface area (TPSA) is 46.5 Å². The van der Waals surface area contributed by atoms with Crippen LogP contribution in [0, 0.1) is 11.6 Å². The number of fused-ring (bicyclic) bond motifs is 2. The van der Waals surface area contributed by atoms with E-state index < -0.39 is 17.6 Å². The quantitative estimate of drug-likeness (QED) is 0.678. The maximum atomic E-state index is 14.8. The van der Waals surface area contributed by atoms with Crippen LogP contribution in [0.25, 0.3) is 21.2 Å². The van der Waals surface area contributed by atoms with Crippen LogP contribution in [0.4, 0.5) is 8.78 Å². The van der Waals surface area contributed by atoms with E-state index in [-0.39, 0.29) is 16.5 Å². The highest BCUT2D eigenvalue weighted by Crippen LogP contribution is 2.42. The summed E-state index contributed by atoms with van der Waals surface area (Å²) in [6, 6.07) is 7.01. The molecule has 0 unspecified atom stereocenters. The van der Waals surface area contributed by atoms with Gasteiger partial charge in [0.1, 0.15) is 22.3 Å². The Hall–Kier alpha value is -2.47. The van der Waals surface area contributed by atoms with Crippen LogP contribution in [-0.4, -0.2) is 17.2 Å². The Morgan fingerprint density at radius 1 is 1.28 bits per heavy atom. The number of aryl methyl sites for hydroxylation is 1. The fourth-order valence-electron chi connectivity index (χ4n) is 3.22. The molecule has 0 fully saturated rings. The Kier molecular flexibility index (Phi) is 3.72. The van der Waals surface area contributed by atoms with Crippen molar-refractivity contribution < 1.29 is 23.4 Å². The summed E-state index contributed by atoms with van der Waals surface area (Å²) in [7, 11) is 0. The van der Waals surface area contributed by atoms with Crippen molar-refractivity contribution in [3.05, 3.63) is 52.4 Å². The predicted molar refractivity (Wildman–Crippen MR) is 92.5 cm³/mol. The molecule has 0 aliphatic carbocycles. The summed E-state index contributed by atoms with van der Waals surface area (Å²) < 4.78 is 34.4. The van der Waals surface area contributed by atoms with Crippen LogP contribution >= 0.6 is 11.3 Å². The SMILES string of the molecule is C[C@@H]1CCc2cc(-c3c(C(=O)O)sc4cc(F)ccc34)c(F)cc2O1. The largest absolute Gasteiger partial charge is 0.490 e. The third kappa shape index (κ3) is 2.66. The second-order valence-electron chi connectivity index (χ2n) is 6.16. The Morgan fingerprint density at radius 2 is 2.08 bits per heavy atom. The molecule has 6 heteroatoms. The molecule has 128 valence electrons. The third-order valence-electron chi connectivity index (χ3n) is 4.41. The van der Waals surface area contributed by atoms with E-state index in [4.69, 9.17) is 4.74 Å². The van der Waals surface area contributed by atoms with Crippen LogP contribution in [0.5, 0.6) is 5.75 Å². The standard InChI is InChI=1S/C19H14F2O3S/c1-9-2-3-10-6-13(14(21)8-15(10)24-9)17-12-5-4-11(20)7-16(12)25-18(17)19(22)23/h4-9H,2-3H2,1H3,(H,22,23)/t9-/m1/s1. The van der Waals surface area contributed by atoms with Crippen molar-refractivity contribution in [1.82, 2.24) is 0 Å². The van der Waals surface area contributed by atoms with E-state index in [1.165, 1.54) is 24.3 Å². The normalized spacial score (nSPS) is 16.5. The van der Waals surface area contributed by atoms with Crippen molar-refractivity contribution in [2.75, 3.05) is 0 Å². The summed E-state index contributed by atoms with van der Waals surface area (Å²) in [6.07, 6.45) is 1.58. The summed E-state index contributed by atoms with van der Waals surface area (Å²) in [5, 5.41) is 10.1. The number of thiophene rings is 1. The number of ether oxygens (including phenoxy) is 1. The molecule has 2 aromatic carbocycles. The van der Waals surface area contributed by atoms with E-state index in [1.54, 1.807) is 6.07 Å². The zero-order valence-corrected chi connectivity index (χ0v) is 14.1. The summed E-state index contributed by atoms with van der Waals surface area (Å²) in [4.78, 5) is 11.7. The molecule has 0 amide bonds. The maximum Gasteiger partial charge on any atom is 0.346 e. The Bertz CT molecular complexity index is 1010. The average molecular weight is 360 g/mol. The number of aromatic carboxylic acids is 1. The minimum atomic E-state index is -1.15. The molecular weight excluding hydrogens is 346 g/mol. The van der Waals surface area contributed by atoms with Crippen LogP contribution in [0.2, 0.25) is 0 Å². The monoisotopic (exact) mass is 360 g/mol. The maximum absolute atomic E-state index is 14.8. The fourth-order valence-corrected chi connectivity index (χ4v) is 4.30. The van der Waals surface area contributed by atoms with Crippen LogP contribution in [-0.2, 0) is 6.42 Å². The van der Waals surface area contributed by atoms with Gasteiger partial charge in [0.25, 0.3) is 0 Å². The minimum absolute atomic E-state index is 0.00421. The van der Waals surface area contributed by atoms with Gasteiger partial charge in [-0.15, -0.1) is 11.3 Å². The molecule has 25 heavy (non-hydrogen) atoms. The zero-order valence-electron chi connectivity index (χ0n) is 13.3. The lowest BCUT2D eigenvalue weighted by atomic mass is 9.95. The highest BCUT2D eigenvalue weighted by atomic mass is 32.1. The lowest BCUT2D eigenvalue weighted by Crippen LogP contribution is -2.19. The second kappa shape index (κ2) is 5.81. The van der Waals surface area contributed by atoms with E-state index in [0.717, 1.165) is 29.7 Å². The predicted octanol–water partition coefficient (Wildman–Crippen LogP) is 5.26. The molecule has 1 N–H and O–H groups in total. The van der Waals surface area contributed by atoms with Crippen molar-refractivity contribution in [1.29, 1.82) is 0 Å². The van der Waals surface area contributed by atoms with E-state index in [2.05, 4.69) is 0 Å². The number of hydrogen-bond donors (Lipinski definition) is 1. The van der Waals surface area contributed by atoms with Crippen LogP contribution in [0.3, 0.4) is 0 Å². The van der Waals surface area contributed by atoms with Gasteiger partial charge in [-0.2, -0.15) is 0 Å². The van der Waals surface area contributed by atoms with Gasteiger partial charge >= 0.3 is 5.97 Å². The summed E-state index contributed by atoms with van der Waals surface area (Å²) in [5.74, 6) is -1.65. The van der Waals surface area contributed by atoms with E-state index >= 15 is 0 Å². The lowest BCUT2D eigenvalue weighted by molar-refractivity contribution is 0.0703. The molecule has 0 radical (unpaired) electrons. The fraction of sp³-hybridized carbons (Fsp3) is 0.211. The van der Waals surface area contributed by atoms with Crippen molar-refractivity contribution >= 4 is 27.4 Å². The van der Waals surface area contributed by atoms with E-state index in [0.29, 0.717) is 21.4 Å². The molecule has 3 nitrogen and oxygen atoms in total. The third-order valence-corrected chi connectivity index (χ3v) is 5.55. The molecule has 0 saturated carbocycles. The number of halogens is 2. The number of hydrogen-bond acceptors (Lipinski definition) is 3. The Morgan fingerprint density at radius 3 is 2.84 bits per heavy atom. The Balaban J connectivity index is 1.98. The van der Waals surface area contributed by atoms with Crippen molar-refractivity contribution in [3.63, 3.8) is 0 Å². The lowest BCUT2D eigenvalue weighted by Gasteiger charge is -2.24. The number of carboxylic acid groups (broad SMARTS) is 1. The number of carbonyl (C=O) groups is 1. The van der Waals surface area contributed by atoms with Gasteiger partial charge in [-0.25, -0.2) is 13.6 Å². The molecule has 4 rings (SSSR count). The second-order valence-corrected chi connectivity index (χ2v) is 7.21. The number of rotatable bonds is 2. The molecule has 0 spiro atoms. The molecular formula is C19H14F2O3S. The summed E-state index contributed by atoms with van der Waals surface area (Å²) >= 11 is 0.950. The smallest absolute Gasteiger partial charge is 0.346 e. The molecule has 0 saturated heterocycles. The van der Waals surface area contributed by atoms with E-state index in [1.807, 2.05) is 6.92 Å². The van der Waals surface area contributed by atoms with Gasteiger partial charge in [-0.3, -0.25) is 0 Å². The summed E-state index contributed by atoms with van der Waals surface area (Å²) in [6.45, 7) is 1.93. The molecule has 3 aromatic rings. The van der Waals surface area contributed by atoms with E-state index in [9.17, 15) is 18.7 Å². The first kappa shape index (κ1) is 16.0. The molecule has 1 aliphatic heterocycles. The first-order valence-corrected chi connectivity index (χ1v) is 8.70. The number of benzene rings is 2. The first-order chi connectivity index (χ1) is 11.9. The minimum Gasteiger partial charge on any atom is -0.490 e. The molecule has 1 aromatic heterocycles. The zero-order chi connectivity index (χ0) is 17.7. The van der Waals surface area contributed by atoms with Crippen LogP contribution in [0.15, 0.2) is 30.3 Å². The van der Waals surface area contributed by atoms with Gasteiger partial charge in [0, 0.05) is 27.3 Å². The van der Waals surface area contributed by atoms with Gasteiger partial charge in [-0.05, 0) is 49.6 Å². The van der Waals surface area contributed by atoms with Crippen molar-refractivity contribution in [2.24, 2.45) is 0 Å². The van der Waals surface area contributed by atoms with Gasteiger partial charge in [-0.1, -0.05) is 0 Å². The molecule has 2 heterocycles. The highest BCUT2D eigenvalue weighted by molar-refractivity contribution is 7.21. The van der Waals surface area contributed by atoms with Gasteiger partial charge in [0.05, 0.1) is 6.10 Å². The van der Waals surface area contributed by atoms with Gasteiger partial charge < -0.3 is 9.84 Å². The molecule has 1 aliphatic rings. The Labute approximate surface area is 146 Å². The number of carboxylic acids is 1. The van der Waals surface area contributed by atoms with Gasteiger partial charge in [0.2, 0.25) is 0 Å².